The third-order valence-electron chi connectivity index (χ3n) is 4.70. The van der Waals surface area contributed by atoms with Crippen molar-refractivity contribution in [3.05, 3.63) is 58.2 Å². The number of anilines is 2. The van der Waals surface area contributed by atoms with Crippen molar-refractivity contribution in [1.82, 2.24) is 9.97 Å². The smallest absolute Gasteiger partial charge is 0.263 e. The van der Waals surface area contributed by atoms with Crippen molar-refractivity contribution < 1.29 is 4.79 Å². The Morgan fingerprint density at radius 1 is 1.15 bits per heavy atom. The first kappa shape index (κ1) is 17.0. The van der Waals surface area contributed by atoms with Crippen LogP contribution in [-0.2, 0) is 4.79 Å². The Bertz CT molecular complexity index is 970. The van der Waals surface area contributed by atoms with Gasteiger partial charge in [-0.1, -0.05) is 6.07 Å². The molecule has 2 aliphatic rings. The molecule has 0 saturated carbocycles. The summed E-state index contributed by atoms with van der Waals surface area (Å²) in [5.74, 6) is 1.07. The second kappa shape index (κ2) is 7.06. The number of nitrogens with zero attached hydrogens (tertiary/aromatic N) is 4. The summed E-state index contributed by atoms with van der Waals surface area (Å²) in [4.78, 5) is 39.2. The summed E-state index contributed by atoms with van der Waals surface area (Å²) in [6.45, 7) is 2.28. The molecule has 0 atom stereocenters. The number of aromatic nitrogens is 2. The van der Waals surface area contributed by atoms with E-state index in [0.29, 0.717) is 22.8 Å². The van der Waals surface area contributed by atoms with E-state index in [4.69, 9.17) is 5.73 Å². The van der Waals surface area contributed by atoms with Gasteiger partial charge >= 0.3 is 0 Å². The Kier molecular flexibility index (Phi) is 4.45. The highest BCUT2D eigenvalue weighted by molar-refractivity contribution is 6.21. The van der Waals surface area contributed by atoms with Crippen LogP contribution in [0.25, 0.3) is 0 Å². The highest BCUT2D eigenvalue weighted by Crippen LogP contribution is 2.22. The van der Waals surface area contributed by atoms with Gasteiger partial charge in [-0.25, -0.2) is 4.98 Å². The zero-order chi connectivity index (χ0) is 18.8. The van der Waals surface area contributed by atoms with Gasteiger partial charge in [0.15, 0.2) is 0 Å². The van der Waals surface area contributed by atoms with Gasteiger partial charge in [-0.2, -0.15) is 0 Å². The lowest BCUT2D eigenvalue weighted by atomic mass is 10.2. The van der Waals surface area contributed by atoms with Crippen molar-refractivity contribution in [3.63, 3.8) is 0 Å². The molecule has 1 fully saturated rings. The zero-order valence-electron chi connectivity index (χ0n) is 14.8. The van der Waals surface area contributed by atoms with E-state index in [1.165, 1.54) is 30.0 Å². The van der Waals surface area contributed by atoms with E-state index in [9.17, 15) is 9.59 Å². The van der Waals surface area contributed by atoms with Gasteiger partial charge in [0.1, 0.15) is 11.6 Å². The van der Waals surface area contributed by atoms with E-state index in [1.807, 2.05) is 12.1 Å². The molecule has 4 rings (SSSR count). The quantitative estimate of drug-likeness (QED) is 0.796. The highest BCUT2D eigenvalue weighted by Gasteiger charge is 2.29. The van der Waals surface area contributed by atoms with Crippen LogP contribution in [0.1, 0.15) is 12.8 Å². The SMILES string of the molecule is NC1=C(C=Nc2ccc(N3CCCC3)nc2)C(=O)N(c2cccc(=O)[nH]2)C1. The fraction of sp³-hybridized carbons (Fsp3) is 0.263. The zero-order valence-corrected chi connectivity index (χ0v) is 14.8. The second-order valence-electron chi connectivity index (χ2n) is 6.56. The normalized spacial score (nSPS) is 17.6. The number of nitrogens with one attached hydrogen (secondary N) is 1. The highest BCUT2D eigenvalue weighted by atomic mass is 16.2. The fourth-order valence-electron chi connectivity index (χ4n) is 3.26. The minimum absolute atomic E-state index is 0.215. The lowest BCUT2D eigenvalue weighted by Gasteiger charge is -2.15. The molecule has 0 unspecified atom stereocenters. The molecule has 2 aromatic rings. The van der Waals surface area contributed by atoms with E-state index in [1.54, 1.807) is 18.3 Å². The molecule has 3 N–H and O–H groups in total. The average molecular weight is 364 g/mol. The lowest BCUT2D eigenvalue weighted by molar-refractivity contribution is -0.114. The van der Waals surface area contributed by atoms with Crippen LogP contribution >= 0.6 is 0 Å². The number of H-pyrrole nitrogens is 1. The first-order valence-corrected chi connectivity index (χ1v) is 8.87. The number of aromatic amines is 1. The largest absolute Gasteiger partial charge is 0.400 e. The monoisotopic (exact) mass is 364 g/mol. The number of amides is 1. The molecule has 8 heteroatoms. The Labute approximate surface area is 156 Å². The average Bonchev–Trinajstić information content (AvgIpc) is 3.30. The van der Waals surface area contributed by atoms with Gasteiger partial charge in [0.2, 0.25) is 5.56 Å². The maximum atomic E-state index is 12.6. The molecule has 0 aromatic carbocycles. The van der Waals surface area contributed by atoms with Gasteiger partial charge in [-0.05, 0) is 31.0 Å². The van der Waals surface area contributed by atoms with Crippen molar-refractivity contribution >= 4 is 29.4 Å². The van der Waals surface area contributed by atoms with E-state index in [0.717, 1.165) is 18.9 Å². The number of hydrogen-bond acceptors (Lipinski definition) is 6. The summed E-state index contributed by atoms with van der Waals surface area (Å²) in [6.07, 6.45) is 5.54. The number of nitrogens with two attached hydrogens (primary N) is 1. The van der Waals surface area contributed by atoms with Crippen molar-refractivity contribution in [1.29, 1.82) is 0 Å². The molecule has 0 radical (unpaired) electrons. The standard InChI is InChI=1S/C19H20N6O2/c20-15-12-25(17-4-3-5-18(26)23-17)19(27)14(15)11-21-13-6-7-16(22-10-13)24-8-1-2-9-24/h3-7,10-11H,1-2,8-9,12,20H2,(H,23,26). The molecule has 8 nitrogen and oxygen atoms in total. The molecular formula is C19H20N6O2. The minimum Gasteiger partial charge on any atom is -0.400 e. The van der Waals surface area contributed by atoms with Crippen LogP contribution in [0.5, 0.6) is 0 Å². The van der Waals surface area contributed by atoms with Gasteiger partial charge in [-0.3, -0.25) is 19.5 Å². The Balaban J connectivity index is 1.49. The minimum atomic E-state index is -0.292. The van der Waals surface area contributed by atoms with Crippen molar-refractivity contribution in [3.8, 4) is 0 Å². The predicted octanol–water partition coefficient (Wildman–Crippen LogP) is 1.33. The Morgan fingerprint density at radius 3 is 2.67 bits per heavy atom. The van der Waals surface area contributed by atoms with Gasteiger partial charge in [0, 0.05) is 31.1 Å². The van der Waals surface area contributed by atoms with Crippen LogP contribution in [0.3, 0.4) is 0 Å². The summed E-state index contributed by atoms with van der Waals surface area (Å²) < 4.78 is 0. The number of carbonyl (C=O) groups excluding carboxylic acids is 1. The van der Waals surface area contributed by atoms with Gasteiger partial charge in [0.25, 0.3) is 5.91 Å². The van der Waals surface area contributed by atoms with Crippen LogP contribution < -0.4 is 21.1 Å². The van der Waals surface area contributed by atoms with Crippen molar-refractivity contribution in [2.45, 2.75) is 12.8 Å². The van der Waals surface area contributed by atoms with E-state index < -0.39 is 0 Å². The number of carbonyl (C=O) groups is 1. The van der Waals surface area contributed by atoms with Gasteiger partial charge in [-0.15, -0.1) is 0 Å². The summed E-state index contributed by atoms with van der Waals surface area (Å²) >= 11 is 0. The molecule has 2 aromatic heterocycles. The number of pyridine rings is 2. The van der Waals surface area contributed by atoms with Crippen LogP contribution in [-0.4, -0.2) is 41.7 Å². The topological polar surface area (TPSA) is 108 Å². The van der Waals surface area contributed by atoms with Crippen LogP contribution in [0.4, 0.5) is 17.3 Å². The van der Waals surface area contributed by atoms with Gasteiger partial charge < -0.3 is 15.6 Å². The van der Waals surface area contributed by atoms with E-state index in [2.05, 4.69) is 19.9 Å². The molecule has 27 heavy (non-hydrogen) atoms. The number of hydrogen-bond donors (Lipinski definition) is 2. The first-order valence-electron chi connectivity index (χ1n) is 8.87. The molecule has 4 heterocycles. The second-order valence-corrected chi connectivity index (χ2v) is 6.56. The van der Waals surface area contributed by atoms with Crippen LogP contribution in [0.15, 0.2) is 57.6 Å². The maximum absolute atomic E-state index is 12.6. The summed E-state index contributed by atoms with van der Waals surface area (Å²) in [5, 5.41) is 0. The van der Waals surface area contributed by atoms with Crippen LogP contribution in [0.2, 0.25) is 0 Å². The first-order chi connectivity index (χ1) is 13.1. The summed E-state index contributed by atoms with van der Waals surface area (Å²) in [6, 6.07) is 8.46. The molecule has 1 amide bonds. The molecular weight excluding hydrogens is 344 g/mol. The summed E-state index contributed by atoms with van der Waals surface area (Å²) in [7, 11) is 0. The number of aliphatic imine (C=N–C) groups is 1. The number of rotatable bonds is 4. The van der Waals surface area contributed by atoms with Crippen LogP contribution in [0, 0.1) is 0 Å². The van der Waals surface area contributed by atoms with E-state index in [-0.39, 0.29) is 18.0 Å². The Morgan fingerprint density at radius 2 is 1.96 bits per heavy atom. The maximum Gasteiger partial charge on any atom is 0.263 e. The van der Waals surface area contributed by atoms with Gasteiger partial charge in [0.05, 0.1) is 24.0 Å². The summed E-state index contributed by atoms with van der Waals surface area (Å²) in [5.41, 5.74) is 7.13. The third kappa shape index (κ3) is 3.46. The molecule has 2 aliphatic heterocycles. The lowest BCUT2D eigenvalue weighted by Crippen LogP contribution is -2.29. The predicted molar refractivity (Wildman–Crippen MR) is 104 cm³/mol. The molecule has 1 saturated heterocycles. The molecule has 0 aliphatic carbocycles. The van der Waals surface area contributed by atoms with Crippen molar-refractivity contribution in [2.24, 2.45) is 10.7 Å². The fourth-order valence-corrected chi connectivity index (χ4v) is 3.26. The van der Waals surface area contributed by atoms with E-state index >= 15 is 0 Å². The third-order valence-corrected chi connectivity index (χ3v) is 4.70. The van der Waals surface area contributed by atoms with Crippen molar-refractivity contribution in [2.75, 3.05) is 29.4 Å². The molecule has 0 bridgehead atoms. The Hall–Kier alpha value is -3.42. The molecule has 0 spiro atoms. The molecule has 138 valence electrons.